The highest BCUT2D eigenvalue weighted by Crippen LogP contribution is 2.36. The van der Waals surface area contributed by atoms with Gasteiger partial charge in [-0.2, -0.15) is 0 Å². The van der Waals surface area contributed by atoms with Crippen molar-refractivity contribution in [2.24, 2.45) is 0 Å². The van der Waals surface area contributed by atoms with E-state index in [1.165, 1.54) is 13.2 Å². The van der Waals surface area contributed by atoms with Gasteiger partial charge in [0.25, 0.3) is 0 Å². The Morgan fingerprint density at radius 1 is 1.40 bits per heavy atom. The number of halogens is 1. The molecule has 0 atom stereocenters. The van der Waals surface area contributed by atoms with Crippen molar-refractivity contribution >= 4 is 23.6 Å². The predicted molar refractivity (Wildman–Crippen MR) is 81.5 cm³/mol. The molecule has 20 heavy (non-hydrogen) atoms. The monoisotopic (exact) mass is 297 g/mol. The van der Waals surface area contributed by atoms with E-state index in [0.717, 1.165) is 12.0 Å². The molecule has 0 radical (unpaired) electrons. The first-order chi connectivity index (χ1) is 9.62. The number of amides is 1. The van der Waals surface area contributed by atoms with Crippen LogP contribution in [0.3, 0.4) is 0 Å². The van der Waals surface area contributed by atoms with E-state index in [2.05, 4.69) is 5.32 Å². The van der Waals surface area contributed by atoms with Crippen molar-refractivity contribution in [3.8, 4) is 11.5 Å². The maximum absolute atomic E-state index is 11.5. The van der Waals surface area contributed by atoms with Crippen LogP contribution in [0.15, 0.2) is 18.2 Å². The van der Waals surface area contributed by atoms with Gasteiger partial charge in [-0.25, -0.2) is 0 Å². The number of rotatable bonds is 7. The second kappa shape index (κ2) is 8.48. The van der Waals surface area contributed by atoms with Crippen LogP contribution in [0.4, 0.5) is 0 Å². The third-order valence-electron chi connectivity index (χ3n) is 2.51. The van der Waals surface area contributed by atoms with Gasteiger partial charge in [0.15, 0.2) is 11.5 Å². The lowest BCUT2D eigenvalue weighted by Gasteiger charge is -2.11. The first kappa shape index (κ1) is 16.4. The minimum Gasteiger partial charge on any atom is -0.491 e. The lowest BCUT2D eigenvalue weighted by atomic mass is 10.2. The Morgan fingerprint density at radius 2 is 2.15 bits per heavy atom. The van der Waals surface area contributed by atoms with Gasteiger partial charge in [0, 0.05) is 12.6 Å². The molecule has 1 N–H and O–H groups in total. The van der Waals surface area contributed by atoms with Crippen molar-refractivity contribution in [2.75, 3.05) is 20.3 Å². The highest BCUT2D eigenvalue weighted by molar-refractivity contribution is 6.32. The quantitative estimate of drug-likeness (QED) is 0.786. The molecule has 0 aliphatic carbocycles. The average Bonchev–Trinajstić information content (AvgIpc) is 2.43. The summed E-state index contributed by atoms with van der Waals surface area (Å²) in [6, 6.07) is 3.52. The molecule has 0 saturated carbocycles. The van der Waals surface area contributed by atoms with Crippen LogP contribution in [0.25, 0.3) is 6.08 Å². The zero-order valence-corrected chi connectivity index (χ0v) is 12.8. The minimum atomic E-state index is -0.128. The Hall–Kier alpha value is -1.68. The van der Waals surface area contributed by atoms with Crippen LogP contribution in [0.5, 0.6) is 11.5 Å². The Bertz CT molecular complexity index is 486. The smallest absolute Gasteiger partial charge is 0.243 e. The van der Waals surface area contributed by atoms with E-state index < -0.39 is 0 Å². The van der Waals surface area contributed by atoms with Gasteiger partial charge in [-0.15, -0.1) is 0 Å². The Kier molecular flexibility index (Phi) is 6.94. The number of hydrogen-bond acceptors (Lipinski definition) is 3. The van der Waals surface area contributed by atoms with Crippen molar-refractivity contribution in [3.05, 3.63) is 28.8 Å². The first-order valence-corrected chi connectivity index (χ1v) is 6.96. The molecule has 5 heteroatoms. The molecule has 0 aliphatic rings. The first-order valence-electron chi connectivity index (χ1n) is 6.58. The summed E-state index contributed by atoms with van der Waals surface area (Å²) in [4.78, 5) is 11.5. The molecule has 1 aromatic carbocycles. The van der Waals surface area contributed by atoms with E-state index in [4.69, 9.17) is 21.1 Å². The molecule has 0 aromatic heterocycles. The summed E-state index contributed by atoms with van der Waals surface area (Å²) in [5, 5.41) is 3.22. The van der Waals surface area contributed by atoms with E-state index in [-0.39, 0.29) is 5.91 Å². The summed E-state index contributed by atoms with van der Waals surface area (Å²) in [6.07, 6.45) is 4.07. The van der Waals surface area contributed by atoms with E-state index in [0.29, 0.717) is 29.7 Å². The molecule has 0 unspecified atom stereocenters. The molecule has 0 heterocycles. The zero-order valence-electron chi connectivity index (χ0n) is 12.0. The lowest BCUT2D eigenvalue weighted by molar-refractivity contribution is -0.116. The van der Waals surface area contributed by atoms with Gasteiger partial charge < -0.3 is 14.8 Å². The van der Waals surface area contributed by atoms with Gasteiger partial charge in [-0.1, -0.05) is 18.5 Å². The number of carbonyl (C=O) groups is 1. The van der Waals surface area contributed by atoms with Crippen molar-refractivity contribution in [1.82, 2.24) is 5.32 Å². The standard InChI is InChI=1S/C15H20ClNO3/c1-4-8-17-14(18)7-6-11-9-12(16)15(19-3)13(10-11)20-5-2/h6-7,9-10H,4-5,8H2,1-3H3,(H,17,18). The van der Waals surface area contributed by atoms with Crippen LogP contribution in [-0.2, 0) is 4.79 Å². The summed E-state index contributed by atoms with van der Waals surface area (Å²) < 4.78 is 10.7. The third kappa shape index (κ3) is 4.78. The number of carbonyl (C=O) groups excluding carboxylic acids is 1. The van der Waals surface area contributed by atoms with E-state index in [1.54, 1.807) is 18.2 Å². The molecule has 110 valence electrons. The largest absolute Gasteiger partial charge is 0.491 e. The Balaban J connectivity index is 2.90. The van der Waals surface area contributed by atoms with Crippen LogP contribution in [-0.4, -0.2) is 26.2 Å². The number of ether oxygens (including phenoxy) is 2. The topological polar surface area (TPSA) is 47.6 Å². The van der Waals surface area contributed by atoms with Gasteiger partial charge in [0.05, 0.1) is 18.7 Å². The highest BCUT2D eigenvalue weighted by atomic mass is 35.5. The average molecular weight is 298 g/mol. The summed E-state index contributed by atoms with van der Waals surface area (Å²) in [5.41, 5.74) is 0.783. The van der Waals surface area contributed by atoms with Crippen LogP contribution in [0, 0.1) is 0 Å². The minimum absolute atomic E-state index is 0.128. The summed E-state index contributed by atoms with van der Waals surface area (Å²) in [5.74, 6) is 0.939. The molecular formula is C15H20ClNO3. The third-order valence-corrected chi connectivity index (χ3v) is 2.79. The van der Waals surface area contributed by atoms with E-state index in [1.807, 2.05) is 13.8 Å². The van der Waals surface area contributed by atoms with Crippen LogP contribution >= 0.6 is 11.6 Å². The molecule has 0 fully saturated rings. The number of hydrogen-bond donors (Lipinski definition) is 1. The summed E-state index contributed by atoms with van der Waals surface area (Å²) >= 11 is 6.13. The molecule has 1 aromatic rings. The maximum Gasteiger partial charge on any atom is 0.243 e. The fraction of sp³-hybridized carbons (Fsp3) is 0.400. The SMILES string of the molecule is CCCNC(=O)C=Cc1cc(Cl)c(OC)c(OCC)c1. The van der Waals surface area contributed by atoms with E-state index >= 15 is 0 Å². The predicted octanol–water partition coefficient (Wildman–Crippen LogP) is 3.29. The van der Waals surface area contributed by atoms with Crippen LogP contribution in [0.2, 0.25) is 5.02 Å². The normalized spacial score (nSPS) is 10.6. The van der Waals surface area contributed by atoms with Crippen molar-refractivity contribution in [1.29, 1.82) is 0 Å². The van der Waals surface area contributed by atoms with Crippen LogP contribution in [0.1, 0.15) is 25.8 Å². The van der Waals surface area contributed by atoms with Crippen molar-refractivity contribution in [2.45, 2.75) is 20.3 Å². The molecule has 0 bridgehead atoms. The fourth-order valence-corrected chi connectivity index (χ4v) is 1.92. The second-order valence-corrected chi connectivity index (χ2v) is 4.50. The van der Waals surface area contributed by atoms with Crippen molar-refractivity contribution in [3.63, 3.8) is 0 Å². The number of methoxy groups -OCH3 is 1. The van der Waals surface area contributed by atoms with E-state index in [9.17, 15) is 4.79 Å². The fourth-order valence-electron chi connectivity index (χ4n) is 1.62. The Labute approximate surface area is 124 Å². The summed E-state index contributed by atoms with van der Waals surface area (Å²) in [7, 11) is 1.54. The number of benzene rings is 1. The lowest BCUT2D eigenvalue weighted by Crippen LogP contribution is -2.21. The molecule has 1 rings (SSSR count). The molecule has 0 spiro atoms. The van der Waals surface area contributed by atoms with Gasteiger partial charge in [-0.05, 0) is 37.1 Å². The maximum atomic E-state index is 11.5. The van der Waals surface area contributed by atoms with Crippen LogP contribution < -0.4 is 14.8 Å². The highest BCUT2D eigenvalue weighted by Gasteiger charge is 2.10. The van der Waals surface area contributed by atoms with Gasteiger partial charge in [-0.3, -0.25) is 4.79 Å². The Morgan fingerprint density at radius 3 is 2.75 bits per heavy atom. The van der Waals surface area contributed by atoms with Gasteiger partial charge in [0.2, 0.25) is 5.91 Å². The molecule has 0 saturated heterocycles. The molecule has 1 amide bonds. The second-order valence-electron chi connectivity index (χ2n) is 4.09. The molecular weight excluding hydrogens is 278 g/mol. The van der Waals surface area contributed by atoms with Crippen molar-refractivity contribution < 1.29 is 14.3 Å². The molecule has 0 aliphatic heterocycles. The molecule has 4 nitrogen and oxygen atoms in total. The van der Waals surface area contributed by atoms with Gasteiger partial charge in [0.1, 0.15) is 0 Å². The summed E-state index contributed by atoms with van der Waals surface area (Å²) in [6.45, 7) is 5.06. The number of nitrogens with one attached hydrogen (secondary N) is 1. The zero-order chi connectivity index (χ0) is 15.0. The van der Waals surface area contributed by atoms with Gasteiger partial charge >= 0.3 is 0 Å².